The van der Waals surface area contributed by atoms with Gasteiger partial charge in [-0.15, -0.1) is 0 Å². The fraction of sp³-hybridized carbons (Fsp3) is 0.729. The molecule has 0 radical (unpaired) electrons. The Kier molecular flexibility index (Phi) is 23.9. The molecular weight excluding hydrogens is 1320 g/mol. The number of carbonyl (C=O) groups excluding carboxylic acids is 3. The van der Waals surface area contributed by atoms with Gasteiger partial charge in [0.2, 0.25) is 0 Å². The van der Waals surface area contributed by atoms with Gasteiger partial charge in [-0.1, -0.05) is 39.8 Å². The molecule has 0 spiro atoms. The third-order valence-electron chi connectivity index (χ3n) is 13.4. The minimum Gasteiger partial charge on any atom is -0.494 e. The predicted octanol–water partition coefficient (Wildman–Crippen LogP) is 16.3. The van der Waals surface area contributed by atoms with E-state index in [4.69, 9.17) is 28.1 Å². The van der Waals surface area contributed by atoms with Crippen molar-refractivity contribution in [3.05, 3.63) is 54.1 Å². The summed E-state index contributed by atoms with van der Waals surface area (Å²) in [5, 5.41) is 0. The van der Waals surface area contributed by atoms with Gasteiger partial charge in [-0.3, -0.25) is 4.79 Å². The van der Waals surface area contributed by atoms with Gasteiger partial charge >= 0.3 is 101 Å². The van der Waals surface area contributed by atoms with Gasteiger partial charge in [-0.2, -0.15) is 132 Å². The summed E-state index contributed by atoms with van der Waals surface area (Å²) < 4.78 is 446. The largest absolute Gasteiger partial charge is 0.494 e. The third kappa shape index (κ3) is 15.3. The summed E-state index contributed by atoms with van der Waals surface area (Å²) in [4.78, 5) is 39.0. The molecule has 0 saturated carbocycles. The molecule has 9 nitrogen and oxygen atoms in total. The molecule has 0 bridgehead atoms. The second kappa shape index (κ2) is 26.6. The fourth-order valence-electron chi connectivity index (χ4n) is 7.96. The Morgan fingerprint density at radius 1 is 0.477 bits per heavy atom. The number of halogens is 30. The number of esters is 3. The van der Waals surface area contributed by atoms with Crippen LogP contribution in [0.2, 0.25) is 17.1 Å². The average molecular weight is 1370 g/mol. The van der Waals surface area contributed by atoms with Crippen LogP contribution in [0.15, 0.2) is 48.6 Å². The Bertz CT molecular complexity index is 2580. The quantitative estimate of drug-likeness (QED) is 0.0311. The monoisotopic (exact) mass is 1370 g/mol. The number of ether oxygens (including phenoxy) is 5. The molecule has 2 rings (SSSR count). The maximum Gasteiger partial charge on any atom is 0.460 e. The molecule has 0 fully saturated rings. The van der Waals surface area contributed by atoms with Crippen molar-refractivity contribution in [3.63, 3.8) is 0 Å². The smallest absolute Gasteiger partial charge is 0.460 e. The number of hydrogen-bond acceptors (Lipinski definition) is 9. The van der Waals surface area contributed by atoms with Crippen LogP contribution in [0.1, 0.15) is 79.7 Å². The fourth-order valence-corrected chi connectivity index (χ4v) is 12.6. The minimum atomic E-state index is -8.80. The summed E-state index contributed by atoms with van der Waals surface area (Å²) in [5.74, 6) is -100. The second-order valence-corrected chi connectivity index (χ2v) is 25.3. The van der Waals surface area contributed by atoms with E-state index in [1.807, 2.05) is 0 Å². The zero-order valence-corrected chi connectivity index (χ0v) is 46.6. The summed E-state index contributed by atoms with van der Waals surface area (Å²) in [5.41, 5.74) is -2.25. The van der Waals surface area contributed by atoms with Gasteiger partial charge in [0.05, 0.1) is 19.6 Å². The lowest BCUT2D eigenvalue weighted by Crippen LogP contribution is -2.74. The van der Waals surface area contributed by atoms with E-state index in [9.17, 15) is 137 Å². The molecule has 510 valence electrons. The van der Waals surface area contributed by atoms with Crippen LogP contribution in [0.3, 0.4) is 0 Å². The first-order valence-corrected chi connectivity index (χ1v) is 27.0. The summed E-state index contributed by atoms with van der Waals surface area (Å²) in [6.45, 7) is 6.14. The van der Waals surface area contributed by atoms with Crippen LogP contribution in [-0.2, 0) is 44.4 Å². The number of hydrogen-bond donors (Lipinski definition) is 0. The number of cyclic esters (lactones) is 3. The predicted molar refractivity (Wildman–Crippen MR) is 241 cm³/mol. The summed E-state index contributed by atoms with van der Waals surface area (Å²) >= 11 is 0. The summed E-state index contributed by atoms with van der Waals surface area (Å²) in [6, 6.07) is 2.46. The first kappa shape index (κ1) is 79.0. The highest BCUT2D eigenvalue weighted by Crippen LogP contribution is 2.65. The van der Waals surface area contributed by atoms with E-state index in [0.29, 0.717) is 12.2 Å². The van der Waals surface area contributed by atoms with E-state index in [1.165, 1.54) is 27.7 Å². The van der Waals surface area contributed by atoms with Crippen LogP contribution in [0.5, 0.6) is 5.75 Å². The molecule has 1 heterocycles. The Balaban J connectivity index is 2.40. The van der Waals surface area contributed by atoms with Crippen LogP contribution in [0.4, 0.5) is 132 Å². The van der Waals surface area contributed by atoms with E-state index < -0.39 is 202 Å². The molecule has 1 aliphatic rings. The van der Waals surface area contributed by atoms with Crippen LogP contribution >= 0.6 is 0 Å². The molecule has 5 atom stereocenters. The van der Waals surface area contributed by atoms with Gasteiger partial charge in [0.15, 0.2) is 8.32 Å². The molecular formula is C48H50F30O9Si. The van der Waals surface area contributed by atoms with Crippen molar-refractivity contribution in [2.75, 3.05) is 6.61 Å². The van der Waals surface area contributed by atoms with E-state index in [1.54, 1.807) is 0 Å². The van der Waals surface area contributed by atoms with Crippen LogP contribution in [0, 0.1) is 0 Å². The third-order valence-corrected chi connectivity index (χ3v) is 19.0. The van der Waals surface area contributed by atoms with Gasteiger partial charge < -0.3 is 28.1 Å². The maximum atomic E-state index is 15.2. The van der Waals surface area contributed by atoms with Crippen molar-refractivity contribution in [2.24, 2.45) is 0 Å². The second-order valence-electron chi connectivity index (χ2n) is 20.4. The molecule has 1 aromatic rings. The Hall–Kier alpha value is -5.05. The lowest BCUT2D eigenvalue weighted by Gasteiger charge is -2.44. The van der Waals surface area contributed by atoms with E-state index >= 15 is 8.78 Å². The molecule has 40 heteroatoms. The molecule has 0 N–H and O–H groups in total. The van der Waals surface area contributed by atoms with E-state index in [-0.39, 0.29) is 5.56 Å². The van der Waals surface area contributed by atoms with Gasteiger partial charge in [0.25, 0.3) is 0 Å². The van der Waals surface area contributed by atoms with Gasteiger partial charge in [0.1, 0.15) is 36.3 Å². The highest BCUT2D eigenvalue weighted by molar-refractivity contribution is 6.76. The van der Waals surface area contributed by atoms with Gasteiger partial charge in [0, 0.05) is 25.0 Å². The lowest BCUT2D eigenvalue weighted by atomic mass is 9.88. The average Bonchev–Trinajstić information content (AvgIpc) is 0.713. The topological polar surface area (TPSA) is 107 Å². The number of benzene rings is 1. The van der Waals surface area contributed by atoms with Crippen LogP contribution in [-0.4, -0.2) is 147 Å². The van der Waals surface area contributed by atoms with Crippen molar-refractivity contribution >= 4 is 26.2 Å². The first-order valence-electron chi connectivity index (χ1n) is 24.8. The highest BCUT2D eigenvalue weighted by Gasteiger charge is 2.95. The SMILES string of the molecule is CC(C)[Si](CCC(F)(F)C(F)(F)C(F)(F)C(F)(F)C(F)(F)C(F)(F)F)(O[C@H]1C=CC(=O)O[C@H](C)CC(=O)O[C@@H](C)[C@H](OCc2ccc(OCCCC(F)(F)C(F)(F)C(F)(F)C(F)(F)C(F)(F)C(F)(F)C(F)(F)C(F)(F)F)cc2)C=CC(=O)O[C@@H]1C)C(C)C. The molecule has 0 saturated heterocycles. The Morgan fingerprint density at radius 2 is 0.841 bits per heavy atom. The van der Waals surface area contributed by atoms with Crippen molar-refractivity contribution in [3.8, 4) is 5.75 Å². The molecule has 1 aromatic carbocycles. The Morgan fingerprint density at radius 3 is 1.25 bits per heavy atom. The highest BCUT2D eigenvalue weighted by atomic mass is 28.4. The van der Waals surface area contributed by atoms with Crippen molar-refractivity contribution in [1.29, 1.82) is 0 Å². The molecule has 0 aromatic heterocycles. The van der Waals surface area contributed by atoms with Crippen molar-refractivity contribution in [2.45, 2.75) is 212 Å². The van der Waals surface area contributed by atoms with Crippen LogP contribution in [0.25, 0.3) is 0 Å². The number of carbonyl (C=O) groups is 3. The molecule has 88 heavy (non-hydrogen) atoms. The maximum absolute atomic E-state index is 15.2. The van der Waals surface area contributed by atoms with Crippen LogP contribution < -0.4 is 4.74 Å². The molecule has 0 aliphatic carbocycles. The zero-order valence-electron chi connectivity index (χ0n) is 45.6. The lowest BCUT2D eigenvalue weighted by molar-refractivity contribution is -0.461. The summed E-state index contributed by atoms with van der Waals surface area (Å²) in [6.07, 6.45) is -28.6. The zero-order chi connectivity index (χ0) is 69.3. The molecule has 0 unspecified atom stereocenters. The minimum absolute atomic E-state index is 0.0544. The van der Waals surface area contributed by atoms with E-state index in [0.717, 1.165) is 57.2 Å². The first-order chi connectivity index (χ1) is 39.1. The molecule has 0 amide bonds. The number of rotatable bonds is 25. The Labute approximate surface area is 478 Å². The normalized spacial score (nSPS) is 21.0. The van der Waals surface area contributed by atoms with Crippen molar-refractivity contribution in [1.82, 2.24) is 0 Å². The van der Waals surface area contributed by atoms with Gasteiger partial charge in [-0.05, 0) is 74.2 Å². The number of alkyl halides is 30. The van der Waals surface area contributed by atoms with Gasteiger partial charge in [-0.25, -0.2) is 9.59 Å². The van der Waals surface area contributed by atoms with E-state index in [2.05, 4.69) is 0 Å². The standard InChI is InChI=1S/C48H50F30O9Si/c1-23(2)88(24(3)4,20-18-36(51,52)38(55,56)40(59,60)43(65,66)45(69,70)47(73,74)75)87-31-14-16-32(79)84-25(5)21-34(81)86-26(6)30(13-15-33(80)85-27(31)7)83-22-28-9-11-29(12-10-28)82-19-8-17-35(49,50)37(53,54)39(57,58)41(61,62)42(63,64)44(67,68)46(71,72)48(76,77)78/h9-16,23-27,30-31H,8,17-22H2,1-7H3/t25-,26+,27-,30-,31+/m1/s1. The summed E-state index contributed by atoms with van der Waals surface area (Å²) in [7, 11) is -4.49. The molecule has 1 aliphatic heterocycles. The van der Waals surface area contributed by atoms with Crippen molar-refractivity contribution < 1.29 is 174 Å².